The molecule has 3 N–H and O–H groups in total. The Morgan fingerprint density at radius 3 is 2.20 bits per heavy atom. The van der Waals surface area contributed by atoms with E-state index >= 15 is 0 Å². The molecule has 0 unspecified atom stereocenters. The van der Waals surface area contributed by atoms with E-state index in [1.165, 1.54) is 4.31 Å². The summed E-state index contributed by atoms with van der Waals surface area (Å²) in [5.41, 5.74) is 6.13. The van der Waals surface area contributed by atoms with Gasteiger partial charge in [0.05, 0.1) is 0 Å². The topological polar surface area (TPSA) is 75.4 Å². The number of nitrogens with two attached hydrogens (primary N) is 1. The molecule has 0 fully saturated rings. The highest BCUT2D eigenvalue weighted by molar-refractivity contribution is 7.87. The summed E-state index contributed by atoms with van der Waals surface area (Å²) < 4.78 is 28.8. The number of nitrogens with zero attached hydrogens (tertiary/aromatic N) is 1. The number of hydrogen-bond donors (Lipinski definition) is 2. The zero-order valence-electron chi connectivity index (χ0n) is 12.5. The van der Waals surface area contributed by atoms with Crippen molar-refractivity contribution < 1.29 is 8.42 Å². The normalized spacial score (nSPS) is 12.8. The average Bonchev–Trinajstić information content (AvgIpc) is 2.46. The van der Waals surface area contributed by atoms with E-state index in [1.54, 1.807) is 7.05 Å². The maximum absolute atomic E-state index is 12.4. The molecular weight excluding hydrogens is 274 g/mol. The molecule has 0 aliphatic heterocycles. The predicted molar refractivity (Wildman–Crippen MR) is 82.3 cm³/mol. The first-order chi connectivity index (χ1) is 9.39. The lowest BCUT2D eigenvalue weighted by Gasteiger charge is -2.33. The Bertz CT molecular complexity index is 490. The van der Waals surface area contributed by atoms with Gasteiger partial charge < -0.3 is 5.73 Å². The van der Waals surface area contributed by atoms with Crippen molar-refractivity contribution in [2.45, 2.75) is 38.8 Å². The molecule has 0 bridgehead atoms. The van der Waals surface area contributed by atoms with Crippen molar-refractivity contribution in [1.82, 2.24) is 9.03 Å². The van der Waals surface area contributed by atoms with Crippen LogP contribution < -0.4 is 10.5 Å². The van der Waals surface area contributed by atoms with Crippen molar-refractivity contribution >= 4 is 10.2 Å². The van der Waals surface area contributed by atoms with E-state index in [2.05, 4.69) is 4.72 Å². The Morgan fingerprint density at radius 1 is 1.20 bits per heavy atom. The molecule has 0 radical (unpaired) electrons. The van der Waals surface area contributed by atoms with Gasteiger partial charge in [0.15, 0.2) is 0 Å². The first-order valence-electron chi connectivity index (χ1n) is 6.88. The Labute approximate surface area is 122 Å². The summed E-state index contributed by atoms with van der Waals surface area (Å²) in [6.07, 6.45) is 1.33. The van der Waals surface area contributed by atoms with Crippen molar-refractivity contribution in [2.75, 3.05) is 13.6 Å². The molecule has 6 heteroatoms. The highest BCUT2D eigenvalue weighted by Gasteiger charge is 2.31. The van der Waals surface area contributed by atoms with E-state index in [0.29, 0.717) is 25.9 Å². The molecule has 0 atom stereocenters. The van der Waals surface area contributed by atoms with Crippen LogP contribution >= 0.6 is 0 Å². The largest absolute Gasteiger partial charge is 0.329 e. The van der Waals surface area contributed by atoms with E-state index in [9.17, 15) is 8.42 Å². The highest BCUT2D eigenvalue weighted by Crippen LogP contribution is 2.16. The van der Waals surface area contributed by atoms with Gasteiger partial charge in [-0.25, -0.2) is 0 Å². The third-order valence-electron chi connectivity index (χ3n) is 3.75. The van der Waals surface area contributed by atoms with E-state index in [-0.39, 0.29) is 0 Å². The second-order valence-corrected chi connectivity index (χ2v) is 6.82. The van der Waals surface area contributed by atoms with E-state index < -0.39 is 15.7 Å². The number of nitrogens with one attached hydrogen (secondary N) is 1. The van der Waals surface area contributed by atoms with Gasteiger partial charge in [0, 0.05) is 25.7 Å². The Morgan fingerprint density at radius 2 is 1.75 bits per heavy atom. The molecule has 0 spiro atoms. The molecule has 0 saturated carbocycles. The van der Waals surface area contributed by atoms with Gasteiger partial charge in [-0.05, 0) is 18.4 Å². The Balaban J connectivity index is 2.82. The van der Waals surface area contributed by atoms with Crippen LogP contribution in [0, 0.1) is 0 Å². The zero-order valence-corrected chi connectivity index (χ0v) is 13.3. The van der Waals surface area contributed by atoms with Crippen LogP contribution in [0.2, 0.25) is 0 Å². The van der Waals surface area contributed by atoms with Gasteiger partial charge in [-0.15, -0.1) is 0 Å². The van der Waals surface area contributed by atoms with Gasteiger partial charge in [0.1, 0.15) is 0 Å². The first kappa shape index (κ1) is 17.1. The molecule has 114 valence electrons. The fourth-order valence-corrected chi connectivity index (χ4v) is 3.40. The van der Waals surface area contributed by atoms with Gasteiger partial charge in [0.2, 0.25) is 0 Å². The quantitative estimate of drug-likeness (QED) is 0.763. The van der Waals surface area contributed by atoms with Crippen molar-refractivity contribution in [2.24, 2.45) is 5.73 Å². The van der Waals surface area contributed by atoms with Gasteiger partial charge in [-0.2, -0.15) is 17.4 Å². The Kier molecular flexibility index (Phi) is 6.13. The second-order valence-electron chi connectivity index (χ2n) is 5.04. The molecule has 5 nitrogen and oxygen atoms in total. The van der Waals surface area contributed by atoms with Crippen LogP contribution in [0.4, 0.5) is 0 Å². The van der Waals surface area contributed by atoms with Crippen molar-refractivity contribution in [3.8, 4) is 0 Å². The molecular formula is C14H25N3O2S. The maximum atomic E-state index is 12.4. The van der Waals surface area contributed by atoms with Crippen LogP contribution in [0.3, 0.4) is 0 Å². The summed E-state index contributed by atoms with van der Waals surface area (Å²) in [4.78, 5) is 0. The molecule has 1 aromatic carbocycles. The smallest absolute Gasteiger partial charge is 0.280 e. The molecule has 1 rings (SSSR count). The predicted octanol–water partition coefficient (Wildman–Crippen LogP) is 1.47. The van der Waals surface area contributed by atoms with E-state index in [4.69, 9.17) is 5.73 Å². The Hall–Kier alpha value is -0.950. The first-order valence-corrected chi connectivity index (χ1v) is 8.32. The summed E-state index contributed by atoms with van der Waals surface area (Å²) in [5, 5.41) is 0. The molecule has 0 aliphatic rings. The van der Waals surface area contributed by atoms with Crippen LogP contribution in [0.25, 0.3) is 0 Å². The number of benzene rings is 1. The third kappa shape index (κ3) is 4.28. The lowest BCUT2D eigenvalue weighted by Crippen LogP contribution is -2.55. The molecule has 0 amide bonds. The second kappa shape index (κ2) is 7.17. The van der Waals surface area contributed by atoms with Gasteiger partial charge in [0.25, 0.3) is 10.2 Å². The maximum Gasteiger partial charge on any atom is 0.280 e. The lowest BCUT2D eigenvalue weighted by molar-refractivity contribution is 0.345. The van der Waals surface area contributed by atoms with Crippen molar-refractivity contribution in [1.29, 1.82) is 0 Å². The summed E-state index contributed by atoms with van der Waals surface area (Å²) in [5.74, 6) is 0. The fraction of sp³-hybridized carbons (Fsp3) is 0.571. The van der Waals surface area contributed by atoms with Crippen LogP contribution in [0.1, 0.15) is 32.3 Å². The summed E-state index contributed by atoms with van der Waals surface area (Å²) in [6.45, 7) is 4.51. The van der Waals surface area contributed by atoms with Crippen molar-refractivity contribution in [3.63, 3.8) is 0 Å². The van der Waals surface area contributed by atoms with E-state index in [0.717, 1.165) is 5.56 Å². The summed E-state index contributed by atoms with van der Waals surface area (Å²) in [7, 11) is -1.98. The minimum Gasteiger partial charge on any atom is -0.329 e. The number of hydrogen-bond acceptors (Lipinski definition) is 3. The van der Waals surface area contributed by atoms with Crippen LogP contribution in [-0.2, 0) is 16.8 Å². The zero-order chi connectivity index (χ0) is 15.2. The summed E-state index contributed by atoms with van der Waals surface area (Å²) >= 11 is 0. The van der Waals surface area contributed by atoms with Crippen molar-refractivity contribution in [3.05, 3.63) is 35.9 Å². The highest BCUT2D eigenvalue weighted by atomic mass is 32.2. The molecule has 20 heavy (non-hydrogen) atoms. The number of rotatable bonds is 8. The minimum absolute atomic E-state index is 0.290. The van der Waals surface area contributed by atoms with Crippen LogP contribution in [-0.4, -0.2) is 31.9 Å². The van der Waals surface area contributed by atoms with Crippen LogP contribution in [0.5, 0.6) is 0 Å². The average molecular weight is 299 g/mol. The van der Waals surface area contributed by atoms with Crippen LogP contribution in [0.15, 0.2) is 30.3 Å². The SMILES string of the molecule is CCC(CC)(CN)NS(=O)(=O)N(C)Cc1ccccc1. The minimum atomic E-state index is -3.55. The van der Waals surface area contributed by atoms with Gasteiger partial charge >= 0.3 is 0 Å². The summed E-state index contributed by atoms with van der Waals surface area (Å²) in [6, 6.07) is 9.50. The molecule has 0 aliphatic carbocycles. The monoisotopic (exact) mass is 299 g/mol. The lowest BCUT2D eigenvalue weighted by atomic mass is 9.95. The molecule has 0 heterocycles. The third-order valence-corrected chi connectivity index (χ3v) is 5.39. The standard InChI is InChI=1S/C14H25N3O2S/c1-4-14(5-2,12-15)16-20(18,19)17(3)11-13-9-7-6-8-10-13/h6-10,16H,4-5,11-12,15H2,1-3H3. The molecule has 1 aromatic rings. The molecule has 0 saturated heterocycles. The van der Waals surface area contributed by atoms with Gasteiger partial charge in [-0.1, -0.05) is 44.2 Å². The fourth-order valence-electron chi connectivity index (χ4n) is 2.00. The molecule has 0 aromatic heterocycles. The van der Waals surface area contributed by atoms with E-state index in [1.807, 2.05) is 44.2 Å². The van der Waals surface area contributed by atoms with Gasteiger partial charge in [-0.3, -0.25) is 0 Å².